The van der Waals surface area contributed by atoms with Gasteiger partial charge in [-0.3, -0.25) is 14.6 Å². The van der Waals surface area contributed by atoms with Crippen molar-refractivity contribution >= 4 is 11.8 Å². The number of halogens is 1. The van der Waals surface area contributed by atoms with E-state index in [-0.39, 0.29) is 35.5 Å². The molecule has 4 N–H and O–H groups in total. The molecule has 2 amide bonds. The van der Waals surface area contributed by atoms with Crippen LogP contribution in [0, 0.1) is 5.82 Å². The fourth-order valence-corrected chi connectivity index (χ4v) is 4.44. The molecule has 0 saturated heterocycles. The topological polar surface area (TPSA) is 146 Å². The summed E-state index contributed by atoms with van der Waals surface area (Å²) in [4.78, 5) is 47.6. The third kappa shape index (κ3) is 5.15. The molecule has 0 unspecified atom stereocenters. The molecule has 0 bridgehead atoms. The normalized spacial score (nSPS) is 14.3. The van der Waals surface area contributed by atoms with Gasteiger partial charge in [-0.05, 0) is 53.6 Å². The smallest absolute Gasteiger partial charge is 0.340 e. The van der Waals surface area contributed by atoms with E-state index in [0.717, 1.165) is 28.7 Å². The van der Waals surface area contributed by atoms with Gasteiger partial charge in [-0.1, -0.05) is 31.2 Å². The minimum Gasteiger partial charge on any atom is -0.347 e. The first-order chi connectivity index (χ1) is 17.9. The number of aryl methyl sites for hydroxylation is 2. The number of rotatable bonds is 7. The Labute approximate surface area is 210 Å². The van der Waals surface area contributed by atoms with Crippen molar-refractivity contribution in [2.24, 2.45) is 0 Å². The van der Waals surface area contributed by atoms with Gasteiger partial charge in [0, 0.05) is 18.2 Å². The lowest BCUT2D eigenvalue weighted by Crippen LogP contribution is -2.29. The van der Waals surface area contributed by atoms with Gasteiger partial charge in [0.15, 0.2) is 5.82 Å². The second kappa shape index (κ2) is 10.1. The quantitative estimate of drug-likeness (QED) is 0.306. The van der Waals surface area contributed by atoms with Crippen LogP contribution in [0.4, 0.5) is 4.39 Å². The number of aromatic amines is 2. The van der Waals surface area contributed by atoms with E-state index in [2.05, 4.69) is 35.8 Å². The molecule has 2 aromatic carbocycles. The summed E-state index contributed by atoms with van der Waals surface area (Å²) in [5.41, 5.74) is 3.92. The number of hydrogen-bond acceptors (Lipinski definition) is 6. The summed E-state index contributed by atoms with van der Waals surface area (Å²) in [5.74, 6) is -0.698. The van der Waals surface area contributed by atoms with Crippen LogP contribution < -0.4 is 16.3 Å². The van der Waals surface area contributed by atoms with Crippen LogP contribution in [0.15, 0.2) is 53.6 Å². The highest BCUT2D eigenvalue weighted by Crippen LogP contribution is 2.33. The van der Waals surface area contributed by atoms with Gasteiger partial charge in [-0.15, -0.1) is 0 Å². The average Bonchev–Trinajstić information content (AvgIpc) is 3.53. The highest BCUT2D eigenvalue weighted by molar-refractivity contribution is 5.97. The Bertz CT molecular complexity index is 1550. The maximum absolute atomic E-state index is 13.7. The van der Waals surface area contributed by atoms with Crippen molar-refractivity contribution < 1.29 is 14.0 Å². The van der Waals surface area contributed by atoms with Gasteiger partial charge >= 0.3 is 5.69 Å². The standard InChI is InChI=1S/C26H24FN7O3/c1-2-15-9-14(3-7-19(15)27)12-28-24(35)21-11-22(30-13-29-21)25(36)31-20-8-5-16-10-17(4-6-18(16)20)23-32-26(37)34-33-23/h3-4,6-7,9-11,13,20H,2,5,8,12H2,1H3,(H,28,35)(H,31,36)(H2,32,33,34,37)/t20-/m0/s1. The number of fused-ring (bicyclic) bond motifs is 1. The number of carbonyl (C=O) groups is 2. The van der Waals surface area contributed by atoms with E-state index in [1.165, 1.54) is 18.5 Å². The highest BCUT2D eigenvalue weighted by Gasteiger charge is 2.26. The first-order valence-electron chi connectivity index (χ1n) is 11.9. The SMILES string of the molecule is CCc1cc(CNC(=O)c2cc(C(=O)N[C@H]3CCc4cc(-c5n[nH]c(=O)[nH]5)ccc43)ncn2)ccc1F. The molecule has 2 aromatic heterocycles. The predicted octanol–water partition coefficient (Wildman–Crippen LogP) is 2.60. The fraction of sp³-hybridized carbons (Fsp3) is 0.231. The van der Waals surface area contributed by atoms with Gasteiger partial charge in [0.1, 0.15) is 23.5 Å². The number of H-pyrrole nitrogens is 2. The van der Waals surface area contributed by atoms with E-state index in [1.54, 1.807) is 12.1 Å². The summed E-state index contributed by atoms with van der Waals surface area (Å²) in [6.45, 7) is 2.06. The Morgan fingerprint density at radius 3 is 2.65 bits per heavy atom. The van der Waals surface area contributed by atoms with E-state index >= 15 is 0 Å². The maximum atomic E-state index is 13.7. The Kier molecular flexibility index (Phi) is 6.59. The Morgan fingerprint density at radius 2 is 1.89 bits per heavy atom. The van der Waals surface area contributed by atoms with Crippen molar-refractivity contribution in [3.63, 3.8) is 0 Å². The highest BCUT2D eigenvalue weighted by atomic mass is 19.1. The summed E-state index contributed by atoms with van der Waals surface area (Å²) < 4.78 is 13.7. The van der Waals surface area contributed by atoms with Crippen molar-refractivity contribution in [3.8, 4) is 11.4 Å². The molecular formula is C26H24FN7O3. The molecule has 4 aromatic rings. The number of carbonyl (C=O) groups excluding carboxylic acids is 2. The number of aromatic nitrogens is 5. The second-order valence-corrected chi connectivity index (χ2v) is 8.76. The number of hydrogen-bond donors (Lipinski definition) is 4. The zero-order chi connectivity index (χ0) is 25.9. The molecule has 0 saturated carbocycles. The lowest BCUT2D eigenvalue weighted by Gasteiger charge is -2.14. The molecule has 11 heteroatoms. The summed E-state index contributed by atoms with van der Waals surface area (Å²) in [7, 11) is 0. The van der Waals surface area contributed by atoms with E-state index in [1.807, 2.05) is 25.1 Å². The molecule has 0 aliphatic heterocycles. The molecule has 1 aliphatic carbocycles. The molecule has 5 rings (SSSR count). The van der Waals surface area contributed by atoms with Crippen molar-refractivity contribution in [1.29, 1.82) is 0 Å². The first kappa shape index (κ1) is 24.0. The Hall–Kier alpha value is -4.67. The van der Waals surface area contributed by atoms with Crippen LogP contribution in [0.3, 0.4) is 0 Å². The third-order valence-corrected chi connectivity index (χ3v) is 6.38. The molecule has 188 valence electrons. The molecular weight excluding hydrogens is 477 g/mol. The minimum atomic E-state index is -0.464. The van der Waals surface area contributed by atoms with Gasteiger partial charge in [-0.2, -0.15) is 5.10 Å². The molecule has 10 nitrogen and oxygen atoms in total. The monoisotopic (exact) mass is 501 g/mol. The number of nitrogens with zero attached hydrogens (tertiary/aromatic N) is 3. The molecule has 0 spiro atoms. The van der Waals surface area contributed by atoms with Crippen molar-refractivity contribution in [2.45, 2.75) is 38.8 Å². The lowest BCUT2D eigenvalue weighted by molar-refractivity contribution is 0.0931. The molecule has 0 radical (unpaired) electrons. The van der Waals surface area contributed by atoms with Crippen LogP contribution in [0.1, 0.15) is 62.6 Å². The van der Waals surface area contributed by atoms with Gasteiger partial charge in [0.25, 0.3) is 11.8 Å². The van der Waals surface area contributed by atoms with Gasteiger partial charge < -0.3 is 10.6 Å². The van der Waals surface area contributed by atoms with Crippen LogP contribution in [-0.4, -0.2) is 37.0 Å². The first-order valence-corrected chi connectivity index (χ1v) is 11.9. The van der Waals surface area contributed by atoms with Crippen LogP contribution in [0.5, 0.6) is 0 Å². The van der Waals surface area contributed by atoms with E-state index in [4.69, 9.17) is 0 Å². The van der Waals surface area contributed by atoms with Crippen molar-refractivity contribution in [2.75, 3.05) is 0 Å². The van der Waals surface area contributed by atoms with Crippen molar-refractivity contribution in [1.82, 2.24) is 35.8 Å². The van der Waals surface area contributed by atoms with Crippen LogP contribution in [0.25, 0.3) is 11.4 Å². The largest absolute Gasteiger partial charge is 0.347 e. The summed E-state index contributed by atoms with van der Waals surface area (Å²) in [6.07, 6.45) is 3.19. The Morgan fingerprint density at radius 1 is 1.08 bits per heavy atom. The van der Waals surface area contributed by atoms with Crippen molar-refractivity contribution in [3.05, 3.63) is 98.7 Å². The van der Waals surface area contributed by atoms with Gasteiger partial charge in [0.05, 0.1) is 6.04 Å². The number of benzene rings is 2. The van der Waals surface area contributed by atoms with E-state index in [9.17, 15) is 18.8 Å². The molecule has 1 aliphatic rings. The summed E-state index contributed by atoms with van der Waals surface area (Å²) in [5, 5.41) is 12.0. The number of nitrogens with one attached hydrogen (secondary N) is 4. The molecule has 0 fully saturated rings. The maximum Gasteiger partial charge on any atom is 0.340 e. The van der Waals surface area contributed by atoms with E-state index in [0.29, 0.717) is 24.2 Å². The predicted molar refractivity (Wildman–Crippen MR) is 132 cm³/mol. The van der Waals surface area contributed by atoms with Crippen LogP contribution in [0.2, 0.25) is 0 Å². The van der Waals surface area contributed by atoms with E-state index < -0.39 is 11.8 Å². The van der Waals surface area contributed by atoms with Gasteiger partial charge in [-0.25, -0.2) is 24.3 Å². The fourth-order valence-electron chi connectivity index (χ4n) is 4.44. The minimum absolute atomic E-state index is 0.0578. The number of amides is 2. The third-order valence-electron chi connectivity index (χ3n) is 6.38. The van der Waals surface area contributed by atoms with Gasteiger partial charge in [0.2, 0.25) is 0 Å². The Balaban J connectivity index is 1.24. The average molecular weight is 502 g/mol. The zero-order valence-corrected chi connectivity index (χ0v) is 20.0. The lowest BCUT2D eigenvalue weighted by atomic mass is 10.0. The molecule has 1 atom stereocenters. The zero-order valence-electron chi connectivity index (χ0n) is 20.0. The summed E-state index contributed by atoms with van der Waals surface area (Å²) in [6, 6.07) is 11.5. The summed E-state index contributed by atoms with van der Waals surface area (Å²) >= 11 is 0. The van der Waals surface area contributed by atoms with Crippen LogP contribution >= 0.6 is 0 Å². The molecule has 2 heterocycles. The van der Waals surface area contributed by atoms with Crippen LogP contribution in [-0.2, 0) is 19.4 Å². The molecule has 37 heavy (non-hydrogen) atoms. The second-order valence-electron chi connectivity index (χ2n) is 8.76.